The zero-order chi connectivity index (χ0) is 19.8. The van der Waals surface area contributed by atoms with Crippen molar-refractivity contribution in [2.24, 2.45) is 0 Å². The van der Waals surface area contributed by atoms with Crippen LogP contribution in [0.25, 0.3) is 16.7 Å². The Morgan fingerprint density at radius 1 is 1.17 bits per heavy atom. The highest BCUT2D eigenvalue weighted by Gasteiger charge is 2.49. The second-order valence-electron chi connectivity index (χ2n) is 7.50. The molecule has 7 nitrogen and oxygen atoms in total. The molecular formula is C22H20N2O5. The van der Waals surface area contributed by atoms with Crippen LogP contribution in [0.5, 0.6) is 0 Å². The fourth-order valence-electron chi connectivity index (χ4n) is 3.94. The average Bonchev–Trinajstić information content (AvgIpc) is 3.10. The number of oxazole rings is 1. The smallest absolute Gasteiger partial charge is 0.417 e. The van der Waals surface area contributed by atoms with E-state index in [-0.39, 0.29) is 12.7 Å². The van der Waals surface area contributed by atoms with Gasteiger partial charge in [-0.05, 0) is 28.8 Å². The van der Waals surface area contributed by atoms with E-state index in [1.807, 2.05) is 54.6 Å². The van der Waals surface area contributed by atoms with Crippen LogP contribution in [0.1, 0.15) is 17.5 Å². The standard InChI is InChI=1S/C22H20N2O5/c25-20-23-18-7-6-16(10-19(18)29-20)17-8-9-24(22(11-17)13-27-14-22)21(26)28-12-15-4-2-1-3-5-15/h1-8,10H,9,11-14H2,(H,23,25). The molecule has 0 bridgehead atoms. The Morgan fingerprint density at radius 3 is 2.76 bits per heavy atom. The van der Waals surface area contributed by atoms with Crippen molar-refractivity contribution < 1.29 is 18.7 Å². The van der Waals surface area contributed by atoms with Crippen LogP contribution in [0.15, 0.2) is 63.8 Å². The highest BCUT2D eigenvalue weighted by atomic mass is 16.6. The fraction of sp³-hybridized carbons (Fsp3) is 0.273. The molecule has 2 aliphatic rings. The van der Waals surface area contributed by atoms with Gasteiger partial charge in [0.1, 0.15) is 6.61 Å². The monoisotopic (exact) mass is 392 g/mol. The SMILES string of the molecule is O=C(OCc1ccccc1)N1CC=C(c2ccc3[nH]c(=O)oc3c2)CC12COC2. The van der Waals surface area contributed by atoms with Crippen LogP contribution in [-0.2, 0) is 16.1 Å². The lowest BCUT2D eigenvalue weighted by Gasteiger charge is -2.51. The summed E-state index contributed by atoms with van der Waals surface area (Å²) in [4.78, 5) is 28.6. The molecule has 1 spiro atoms. The first-order valence-corrected chi connectivity index (χ1v) is 9.51. The summed E-state index contributed by atoms with van der Waals surface area (Å²) in [6, 6.07) is 15.3. The minimum atomic E-state index is -0.467. The highest BCUT2D eigenvalue weighted by molar-refractivity contribution is 5.81. The van der Waals surface area contributed by atoms with Crippen molar-refractivity contribution in [2.45, 2.75) is 18.6 Å². The average molecular weight is 392 g/mol. The Hall–Kier alpha value is -3.32. The number of hydrogen-bond acceptors (Lipinski definition) is 5. The Labute approximate surface area is 166 Å². The molecule has 2 aromatic carbocycles. The molecule has 5 rings (SSSR count). The lowest BCUT2D eigenvalue weighted by molar-refractivity contribution is -0.128. The molecule has 1 saturated heterocycles. The molecule has 3 heterocycles. The molecule has 29 heavy (non-hydrogen) atoms. The molecular weight excluding hydrogens is 372 g/mol. The maximum Gasteiger partial charge on any atom is 0.417 e. The topological polar surface area (TPSA) is 84.8 Å². The molecule has 2 aliphatic heterocycles. The van der Waals surface area contributed by atoms with Crippen LogP contribution >= 0.6 is 0 Å². The number of carbonyl (C=O) groups excluding carboxylic acids is 1. The molecule has 1 N–H and O–H groups in total. The molecule has 0 atom stereocenters. The fourth-order valence-corrected chi connectivity index (χ4v) is 3.94. The molecule has 0 saturated carbocycles. The number of benzene rings is 2. The van der Waals surface area contributed by atoms with Crippen molar-refractivity contribution in [1.29, 1.82) is 0 Å². The summed E-state index contributed by atoms with van der Waals surface area (Å²) in [6.07, 6.45) is 2.35. The summed E-state index contributed by atoms with van der Waals surface area (Å²) in [5.74, 6) is -0.467. The molecule has 0 aliphatic carbocycles. The third-order valence-electron chi connectivity index (χ3n) is 5.57. The highest BCUT2D eigenvalue weighted by Crippen LogP contribution is 2.39. The van der Waals surface area contributed by atoms with Crippen LogP contribution in [-0.4, -0.2) is 41.3 Å². The maximum atomic E-state index is 12.8. The van der Waals surface area contributed by atoms with Gasteiger partial charge in [-0.3, -0.25) is 9.88 Å². The van der Waals surface area contributed by atoms with E-state index < -0.39 is 11.3 Å². The van der Waals surface area contributed by atoms with Crippen molar-refractivity contribution in [3.05, 3.63) is 76.3 Å². The number of amides is 1. The van der Waals surface area contributed by atoms with Crippen molar-refractivity contribution in [1.82, 2.24) is 9.88 Å². The molecule has 0 radical (unpaired) electrons. The van der Waals surface area contributed by atoms with E-state index in [1.54, 1.807) is 4.90 Å². The lowest BCUT2D eigenvalue weighted by Crippen LogP contribution is -2.65. The Bertz CT molecular complexity index is 1140. The number of aromatic amines is 1. The number of nitrogens with zero attached hydrogens (tertiary/aromatic N) is 1. The zero-order valence-electron chi connectivity index (χ0n) is 15.7. The van der Waals surface area contributed by atoms with Gasteiger partial charge in [-0.1, -0.05) is 42.5 Å². The van der Waals surface area contributed by atoms with Gasteiger partial charge in [-0.15, -0.1) is 0 Å². The zero-order valence-corrected chi connectivity index (χ0v) is 15.7. The molecule has 3 aromatic rings. The van der Waals surface area contributed by atoms with Crippen LogP contribution < -0.4 is 5.76 Å². The van der Waals surface area contributed by atoms with Gasteiger partial charge in [0.05, 0.1) is 24.3 Å². The second-order valence-corrected chi connectivity index (χ2v) is 7.50. The summed E-state index contributed by atoms with van der Waals surface area (Å²) in [5.41, 5.74) is 3.83. The largest absolute Gasteiger partial charge is 0.445 e. The van der Waals surface area contributed by atoms with E-state index in [2.05, 4.69) is 4.98 Å². The first-order chi connectivity index (χ1) is 14.1. The van der Waals surface area contributed by atoms with Crippen LogP contribution in [0.4, 0.5) is 4.79 Å². The van der Waals surface area contributed by atoms with Crippen molar-refractivity contribution in [2.75, 3.05) is 19.8 Å². The van der Waals surface area contributed by atoms with Crippen molar-refractivity contribution in [3.63, 3.8) is 0 Å². The van der Waals surface area contributed by atoms with Gasteiger partial charge in [0, 0.05) is 13.0 Å². The number of fused-ring (bicyclic) bond motifs is 1. The van der Waals surface area contributed by atoms with Gasteiger partial charge in [0.25, 0.3) is 0 Å². The lowest BCUT2D eigenvalue weighted by atomic mass is 9.81. The molecule has 7 heteroatoms. The van der Waals surface area contributed by atoms with Crippen molar-refractivity contribution in [3.8, 4) is 0 Å². The van der Waals surface area contributed by atoms with Gasteiger partial charge in [0.15, 0.2) is 5.58 Å². The van der Waals surface area contributed by atoms with Crippen molar-refractivity contribution >= 4 is 22.8 Å². The minimum absolute atomic E-state index is 0.243. The van der Waals surface area contributed by atoms with Gasteiger partial charge in [-0.25, -0.2) is 9.59 Å². The molecule has 148 valence electrons. The van der Waals surface area contributed by atoms with Gasteiger partial charge in [-0.2, -0.15) is 0 Å². The first kappa shape index (κ1) is 17.8. The normalized spacial score (nSPS) is 17.8. The Morgan fingerprint density at radius 2 is 2.00 bits per heavy atom. The third-order valence-corrected chi connectivity index (χ3v) is 5.57. The van der Waals surface area contributed by atoms with E-state index in [1.165, 1.54) is 0 Å². The molecule has 1 fully saturated rings. The second kappa shape index (κ2) is 6.93. The minimum Gasteiger partial charge on any atom is -0.445 e. The van der Waals surface area contributed by atoms with E-state index in [0.717, 1.165) is 16.7 Å². The van der Waals surface area contributed by atoms with E-state index in [0.29, 0.717) is 37.3 Å². The number of carbonyl (C=O) groups is 1. The van der Waals surface area contributed by atoms with Crippen LogP contribution in [0.3, 0.4) is 0 Å². The van der Waals surface area contributed by atoms with Gasteiger partial charge >= 0.3 is 11.8 Å². The van der Waals surface area contributed by atoms with Crippen LogP contribution in [0, 0.1) is 0 Å². The van der Waals surface area contributed by atoms with E-state index in [4.69, 9.17) is 13.9 Å². The summed E-state index contributed by atoms with van der Waals surface area (Å²) in [7, 11) is 0. The number of aromatic nitrogens is 1. The quantitative estimate of drug-likeness (QED) is 0.739. The number of hydrogen-bond donors (Lipinski definition) is 1. The molecule has 1 aromatic heterocycles. The first-order valence-electron chi connectivity index (χ1n) is 9.51. The predicted molar refractivity (Wildman–Crippen MR) is 106 cm³/mol. The summed E-state index contributed by atoms with van der Waals surface area (Å²) in [6.45, 7) is 1.65. The van der Waals surface area contributed by atoms with Gasteiger partial charge < -0.3 is 13.9 Å². The summed E-state index contributed by atoms with van der Waals surface area (Å²) < 4.78 is 16.2. The molecule has 1 amide bonds. The van der Waals surface area contributed by atoms with E-state index in [9.17, 15) is 9.59 Å². The number of rotatable bonds is 3. The summed E-state index contributed by atoms with van der Waals surface area (Å²) >= 11 is 0. The number of nitrogens with one attached hydrogen (secondary N) is 1. The number of ether oxygens (including phenoxy) is 2. The van der Waals surface area contributed by atoms with E-state index >= 15 is 0 Å². The molecule has 0 unspecified atom stereocenters. The third kappa shape index (κ3) is 3.23. The van der Waals surface area contributed by atoms with Gasteiger partial charge in [0.2, 0.25) is 0 Å². The number of H-pyrrole nitrogens is 1. The Kier molecular flexibility index (Phi) is 4.24. The summed E-state index contributed by atoms with van der Waals surface area (Å²) in [5, 5.41) is 0. The maximum absolute atomic E-state index is 12.8. The predicted octanol–water partition coefficient (Wildman–Crippen LogP) is 3.32. The van der Waals surface area contributed by atoms with Crippen LogP contribution in [0.2, 0.25) is 0 Å². The Balaban J connectivity index is 1.36.